The average molecular weight is 240 g/mol. The van der Waals surface area contributed by atoms with Gasteiger partial charge in [0.25, 0.3) is 0 Å². The summed E-state index contributed by atoms with van der Waals surface area (Å²) in [7, 11) is 0. The summed E-state index contributed by atoms with van der Waals surface area (Å²) in [5.41, 5.74) is 0.692. The van der Waals surface area contributed by atoms with Gasteiger partial charge in [0, 0.05) is 0 Å². The van der Waals surface area contributed by atoms with Gasteiger partial charge in [-0.3, -0.25) is 0 Å². The summed E-state index contributed by atoms with van der Waals surface area (Å²) in [5.74, 6) is -0.153. The molecule has 0 bridgehead atoms. The highest BCUT2D eigenvalue weighted by atomic mass is 19.2. The van der Waals surface area contributed by atoms with Crippen LogP contribution in [0.1, 0.15) is 32.3 Å². The smallest absolute Gasteiger partial charge is 0.159 e. The molecule has 2 rings (SSSR count). The molecule has 0 N–H and O–H groups in total. The molecule has 0 atom stereocenters. The van der Waals surface area contributed by atoms with Crippen molar-refractivity contribution in [2.24, 2.45) is 11.8 Å². The van der Waals surface area contributed by atoms with E-state index in [2.05, 4.69) is 13.8 Å². The minimum absolute atomic E-state index is 0.288. The fraction of sp³-hybridized carbons (Fsp3) is 0.571. The molecule has 1 aliphatic carbocycles. The Balaban J connectivity index is 1.78. The fourth-order valence-corrected chi connectivity index (χ4v) is 2.13. The van der Waals surface area contributed by atoms with E-state index in [1.54, 1.807) is 6.07 Å². The minimum Gasteiger partial charge on any atom is -0.374 e. The maximum absolute atomic E-state index is 12.9. The molecule has 1 aliphatic rings. The van der Waals surface area contributed by atoms with Crippen molar-refractivity contribution in [3.63, 3.8) is 0 Å². The Morgan fingerprint density at radius 2 is 1.94 bits per heavy atom. The Morgan fingerprint density at radius 3 is 2.53 bits per heavy atom. The number of rotatable bonds is 4. The summed E-state index contributed by atoms with van der Waals surface area (Å²) in [5, 5.41) is 0. The zero-order valence-electron chi connectivity index (χ0n) is 10.2. The maximum atomic E-state index is 12.9. The highest BCUT2D eigenvalue weighted by Crippen LogP contribution is 2.36. The van der Waals surface area contributed by atoms with Gasteiger partial charge in [0.15, 0.2) is 11.6 Å². The molecule has 1 nitrogen and oxygen atoms in total. The molecule has 94 valence electrons. The highest BCUT2D eigenvalue weighted by molar-refractivity contribution is 5.16. The average Bonchev–Trinajstić information content (AvgIpc) is 2.20. The van der Waals surface area contributed by atoms with Crippen LogP contribution in [0.25, 0.3) is 0 Å². The van der Waals surface area contributed by atoms with E-state index in [0.717, 1.165) is 24.8 Å². The van der Waals surface area contributed by atoms with Crippen molar-refractivity contribution in [1.82, 2.24) is 0 Å². The summed E-state index contributed by atoms with van der Waals surface area (Å²) >= 11 is 0. The van der Waals surface area contributed by atoms with Crippen molar-refractivity contribution < 1.29 is 13.5 Å². The lowest BCUT2D eigenvalue weighted by atomic mass is 9.75. The number of ether oxygens (including phenoxy) is 1. The van der Waals surface area contributed by atoms with Crippen molar-refractivity contribution in [2.75, 3.05) is 0 Å². The zero-order valence-corrected chi connectivity index (χ0v) is 10.2. The molecule has 1 aromatic rings. The SMILES string of the molecule is CC(C)C1CC(OCc2ccc(F)c(F)c2)C1. The van der Waals surface area contributed by atoms with E-state index >= 15 is 0 Å². The van der Waals surface area contributed by atoms with Gasteiger partial charge < -0.3 is 4.74 Å². The molecule has 0 unspecified atom stereocenters. The zero-order chi connectivity index (χ0) is 12.4. The van der Waals surface area contributed by atoms with Gasteiger partial charge >= 0.3 is 0 Å². The van der Waals surface area contributed by atoms with Gasteiger partial charge in [-0.25, -0.2) is 8.78 Å². The monoisotopic (exact) mass is 240 g/mol. The summed E-state index contributed by atoms with van der Waals surface area (Å²) in [4.78, 5) is 0. The summed E-state index contributed by atoms with van der Waals surface area (Å²) < 4.78 is 31.3. The lowest BCUT2D eigenvalue weighted by Gasteiger charge is -2.37. The van der Waals surface area contributed by atoms with Crippen LogP contribution in [-0.4, -0.2) is 6.10 Å². The second-order valence-electron chi connectivity index (χ2n) is 5.16. The third kappa shape index (κ3) is 3.03. The second-order valence-corrected chi connectivity index (χ2v) is 5.16. The van der Waals surface area contributed by atoms with Crippen molar-refractivity contribution in [2.45, 2.75) is 39.4 Å². The topological polar surface area (TPSA) is 9.23 Å². The second kappa shape index (κ2) is 5.13. The molecule has 0 aromatic heterocycles. The molecular weight excluding hydrogens is 222 g/mol. The first-order valence-electron chi connectivity index (χ1n) is 6.11. The van der Waals surface area contributed by atoms with E-state index in [1.165, 1.54) is 6.07 Å². The molecule has 0 radical (unpaired) electrons. The minimum atomic E-state index is -0.808. The molecule has 3 heteroatoms. The molecule has 17 heavy (non-hydrogen) atoms. The maximum Gasteiger partial charge on any atom is 0.159 e. The van der Waals surface area contributed by atoms with Crippen LogP contribution in [-0.2, 0) is 11.3 Å². The van der Waals surface area contributed by atoms with E-state index in [9.17, 15) is 8.78 Å². The molecule has 0 saturated heterocycles. The van der Waals surface area contributed by atoms with E-state index in [0.29, 0.717) is 18.1 Å². The van der Waals surface area contributed by atoms with Gasteiger partial charge in [-0.15, -0.1) is 0 Å². The number of hydrogen-bond acceptors (Lipinski definition) is 1. The molecule has 0 spiro atoms. The standard InChI is InChI=1S/C14H18F2O/c1-9(2)11-6-12(7-11)17-8-10-3-4-13(15)14(16)5-10/h3-5,9,11-12H,6-8H2,1-2H3. The molecule has 1 aromatic carbocycles. The Labute approximate surface area is 101 Å². The van der Waals surface area contributed by atoms with Crippen molar-refractivity contribution in [3.8, 4) is 0 Å². The number of hydrogen-bond donors (Lipinski definition) is 0. The summed E-state index contributed by atoms with van der Waals surface area (Å²) in [6, 6.07) is 3.91. The summed E-state index contributed by atoms with van der Waals surface area (Å²) in [6.07, 6.45) is 2.46. The third-order valence-corrected chi connectivity index (χ3v) is 3.54. The largest absolute Gasteiger partial charge is 0.374 e. The molecule has 0 amide bonds. The first kappa shape index (κ1) is 12.5. The van der Waals surface area contributed by atoms with Gasteiger partial charge in [-0.1, -0.05) is 19.9 Å². The number of halogens is 2. The van der Waals surface area contributed by atoms with Crippen LogP contribution < -0.4 is 0 Å². The lowest BCUT2D eigenvalue weighted by Crippen LogP contribution is -2.34. The number of benzene rings is 1. The fourth-order valence-electron chi connectivity index (χ4n) is 2.13. The summed E-state index contributed by atoms with van der Waals surface area (Å²) in [6.45, 7) is 4.80. The Hall–Kier alpha value is -0.960. The van der Waals surface area contributed by atoms with Crippen LogP contribution in [0.4, 0.5) is 8.78 Å². The first-order chi connectivity index (χ1) is 8.06. The lowest BCUT2D eigenvalue weighted by molar-refractivity contribution is -0.0520. The van der Waals surface area contributed by atoms with Crippen LogP contribution in [0.2, 0.25) is 0 Å². The van der Waals surface area contributed by atoms with E-state index in [1.807, 2.05) is 0 Å². The van der Waals surface area contributed by atoms with Gasteiger partial charge in [0.2, 0.25) is 0 Å². The Bertz CT molecular complexity index is 384. The molecular formula is C14H18F2O. The predicted molar refractivity (Wildman–Crippen MR) is 62.5 cm³/mol. The first-order valence-corrected chi connectivity index (χ1v) is 6.11. The van der Waals surface area contributed by atoms with Crippen LogP contribution in [0.3, 0.4) is 0 Å². The van der Waals surface area contributed by atoms with Crippen molar-refractivity contribution in [1.29, 1.82) is 0 Å². The van der Waals surface area contributed by atoms with Crippen molar-refractivity contribution in [3.05, 3.63) is 35.4 Å². The van der Waals surface area contributed by atoms with Crippen molar-refractivity contribution >= 4 is 0 Å². The normalized spacial score (nSPS) is 23.8. The van der Waals surface area contributed by atoms with Gasteiger partial charge in [0.05, 0.1) is 12.7 Å². The van der Waals surface area contributed by atoms with Gasteiger partial charge in [-0.2, -0.15) is 0 Å². The predicted octanol–water partition coefficient (Wildman–Crippen LogP) is 3.92. The van der Waals surface area contributed by atoms with E-state index < -0.39 is 11.6 Å². The highest BCUT2D eigenvalue weighted by Gasteiger charge is 2.31. The van der Waals surface area contributed by atoms with Gasteiger partial charge in [-0.05, 0) is 42.4 Å². The van der Waals surface area contributed by atoms with E-state index in [-0.39, 0.29) is 6.10 Å². The molecule has 0 aliphatic heterocycles. The van der Waals surface area contributed by atoms with Crippen LogP contribution in [0, 0.1) is 23.5 Å². The third-order valence-electron chi connectivity index (χ3n) is 3.54. The van der Waals surface area contributed by atoms with Crippen LogP contribution in [0.15, 0.2) is 18.2 Å². The Kier molecular flexibility index (Phi) is 3.77. The Morgan fingerprint density at radius 1 is 1.24 bits per heavy atom. The molecule has 0 heterocycles. The van der Waals surface area contributed by atoms with Crippen LogP contribution in [0.5, 0.6) is 0 Å². The molecule has 1 saturated carbocycles. The van der Waals surface area contributed by atoms with Gasteiger partial charge in [0.1, 0.15) is 0 Å². The quantitative estimate of drug-likeness (QED) is 0.775. The van der Waals surface area contributed by atoms with Crippen LogP contribution >= 0.6 is 0 Å². The molecule has 1 fully saturated rings. The van der Waals surface area contributed by atoms with E-state index in [4.69, 9.17) is 4.74 Å².